The minimum Gasteiger partial charge on any atom is -0.355 e. The van der Waals surface area contributed by atoms with Crippen LogP contribution in [0.5, 0.6) is 0 Å². The van der Waals surface area contributed by atoms with Gasteiger partial charge in [-0.1, -0.05) is 17.7 Å². The molecule has 2 saturated heterocycles. The summed E-state index contributed by atoms with van der Waals surface area (Å²) in [4.78, 5) is 23.3. The summed E-state index contributed by atoms with van der Waals surface area (Å²) in [7, 11) is 0. The Balaban J connectivity index is 1.39. The van der Waals surface area contributed by atoms with E-state index >= 15 is 0 Å². The molecule has 1 amide bonds. The van der Waals surface area contributed by atoms with Crippen LogP contribution in [0.4, 0.5) is 11.5 Å². The first-order chi connectivity index (χ1) is 13.0. The Labute approximate surface area is 158 Å². The van der Waals surface area contributed by atoms with Crippen LogP contribution in [0.2, 0.25) is 0 Å². The number of aromatic nitrogens is 2. The molecule has 2 aromatic rings. The van der Waals surface area contributed by atoms with Gasteiger partial charge in [0.15, 0.2) is 5.79 Å². The molecule has 7 heteroatoms. The molecule has 1 spiro atoms. The van der Waals surface area contributed by atoms with Crippen molar-refractivity contribution in [3.8, 4) is 0 Å². The fourth-order valence-corrected chi connectivity index (χ4v) is 3.60. The molecule has 2 fully saturated rings. The molecule has 1 aromatic carbocycles. The number of ether oxygens (including phenoxy) is 2. The Kier molecular flexibility index (Phi) is 4.80. The summed E-state index contributed by atoms with van der Waals surface area (Å²) in [5.41, 5.74) is 3.27. The smallest absolute Gasteiger partial charge is 0.275 e. The number of benzene rings is 1. The monoisotopic (exact) mass is 368 g/mol. The Morgan fingerprint density at radius 3 is 2.48 bits per heavy atom. The van der Waals surface area contributed by atoms with Crippen LogP contribution in [-0.4, -0.2) is 48.0 Å². The van der Waals surface area contributed by atoms with Crippen LogP contribution >= 0.6 is 0 Å². The van der Waals surface area contributed by atoms with Crippen molar-refractivity contribution in [2.24, 2.45) is 0 Å². The fraction of sp³-hybridized carbons (Fsp3) is 0.450. The molecule has 1 N–H and O–H groups in total. The maximum absolute atomic E-state index is 12.4. The lowest BCUT2D eigenvalue weighted by atomic mass is 10.0. The quantitative estimate of drug-likeness (QED) is 0.898. The van der Waals surface area contributed by atoms with E-state index in [4.69, 9.17) is 9.47 Å². The third-order valence-corrected chi connectivity index (χ3v) is 5.16. The van der Waals surface area contributed by atoms with Crippen molar-refractivity contribution >= 4 is 17.4 Å². The number of rotatable bonds is 3. The summed E-state index contributed by atoms with van der Waals surface area (Å²) in [6, 6.07) is 5.91. The van der Waals surface area contributed by atoms with Crippen molar-refractivity contribution < 1.29 is 14.3 Å². The van der Waals surface area contributed by atoms with Crippen molar-refractivity contribution in [2.75, 3.05) is 36.5 Å². The zero-order valence-corrected chi connectivity index (χ0v) is 15.7. The number of carbonyl (C=O) groups excluding carboxylic acids is 1. The van der Waals surface area contributed by atoms with E-state index in [0.717, 1.165) is 48.6 Å². The number of amides is 1. The van der Waals surface area contributed by atoms with Gasteiger partial charge in [-0.15, -0.1) is 0 Å². The molecule has 0 unspecified atom stereocenters. The van der Waals surface area contributed by atoms with Crippen molar-refractivity contribution in [3.05, 3.63) is 47.4 Å². The Morgan fingerprint density at radius 2 is 1.85 bits per heavy atom. The molecule has 0 atom stereocenters. The van der Waals surface area contributed by atoms with E-state index in [1.165, 1.54) is 6.20 Å². The molecule has 0 bridgehead atoms. The van der Waals surface area contributed by atoms with Gasteiger partial charge >= 0.3 is 0 Å². The zero-order chi connectivity index (χ0) is 18.9. The average molecular weight is 368 g/mol. The third kappa shape index (κ3) is 3.79. The maximum atomic E-state index is 12.4. The molecule has 0 aliphatic carbocycles. The highest BCUT2D eigenvalue weighted by molar-refractivity contribution is 6.03. The molecule has 2 aliphatic heterocycles. The van der Waals surface area contributed by atoms with Crippen LogP contribution in [0, 0.1) is 13.8 Å². The number of nitrogens with one attached hydrogen (secondary N) is 1. The number of aryl methyl sites for hydroxylation is 2. The van der Waals surface area contributed by atoms with E-state index in [-0.39, 0.29) is 5.91 Å². The van der Waals surface area contributed by atoms with Gasteiger partial charge in [0.1, 0.15) is 11.5 Å². The second kappa shape index (κ2) is 7.25. The Bertz CT molecular complexity index is 822. The van der Waals surface area contributed by atoms with Crippen LogP contribution in [-0.2, 0) is 9.47 Å². The molecule has 0 saturated carbocycles. The molecule has 1 aromatic heterocycles. The Morgan fingerprint density at radius 1 is 1.11 bits per heavy atom. The van der Waals surface area contributed by atoms with Crippen LogP contribution in [0.25, 0.3) is 0 Å². The second-order valence-corrected chi connectivity index (χ2v) is 7.13. The minimum absolute atomic E-state index is 0.258. The SMILES string of the molecule is Cc1ccc(NC(=O)c2cnc(N3CCC4(CC3)OCCO4)cn2)c(C)c1. The molecule has 27 heavy (non-hydrogen) atoms. The van der Waals surface area contributed by atoms with Crippen LogP contribution in [0.15, 0.2) is 30.6 Å². The van der Waals surface area contributed by atoms with E-state index in [9.17, 15) is 4.79 Å². The lowest BCUT2D eigenvalue weighted by Gasteiger charge is -2.37. The normalized spacial score (nSPS) is 18.7. The maximum Gasteiger partial charge on any atom is 0.275 e. The third-order valence-electron chi connectivity index (χ3n) is 5.16. The van der Waals surface area contributed by atoms with Crippen LogP contribution in [0.1, 0.15) is 34.5 Å². The Hall–Kier alpha value is -2.51. The van der Waals surface area contributed by atoms with Gasteiger partial charge in [-0.25, -0.2) is 9.97 Å². The molecule has 2 aliphatic rings. The van der Waals surface area contributed by atoms with Crippen molar-refractivity contribution in [1.82, 2.24) is 9.97 Å². The van der Waals surface area contributed by atoms with Gasteiger partial charge < -0.3 is 19.7 Å². The average Bonchev–Trinajstić information content (AvgIpc) is 3.13. The molecule has 4 rings (SSSR count). The second-order valence-electron chi connectivity index (χ2n) is 7.13. The van der Waals surface area contributed by atoms with Gasteiger partial charge in [0.2, 0.25) is 0 Å². The lowest BCUT2D eigenvalue weighted by molar-refractivity contribution is -0.169. The van der Waals surface area contributed by atoms with Gasteiger partial charge in [-0.05, 0) is 25.5 Å². The number of nitrogens with zero attached hydrogens (tertiary/aromatic N) is 3. The number of anilines is 2. The molecular weight excluding hydrogens is 344 g/mol. The van der Waals surface area contributed by atoms with E-state index < -0.39 is 5.79 Å². The van der Waals surface area contributed by atoms with Crippen molar-refractivity contribution in [2.45, 2.75) is 32.5 Å². The predicted octanol–water partition coefficient (Wildman–Crippen LogP) is 2.69. The summed E-state index contributed by atoms with van der Waals surface area (Å²) in [6.07, 6.45) is 4.81. The van der Waals surface area contributed by atoms with Crippen molar-refractivity contribution in [3.63, 3.8) is 0 Å². The minimum atomic E-state index is -0.407. The van der Waals surface area contributed by atoms with Crippen molar-refractivity contribution in [1.29, 1.82) is 0 Å². The standard InChI is InChI=1S/C20H24N4O3/c1-14-3-4-16(15(2)11-14)23-19(25)17-12-22-18(13-21-17)24-7-5-20(6-8-24)26-9-10-27-20/h3-4,11-13H,5-10H2,1-2H3,(H,23,25). The fourth-order valence-electron chi connectivity index (χ4n) is 3.60. The summed E-state index contributed by atoms with van der Waals surface area (Å²) in [6.45, 7) is 6.92. The van der Waals surface area contributed by atoms with Gasteiger partial charge in [0.25, 0.3) is 5.91 Å². The van der Waals surface area contributed by atoms with Gasteiger partial charge in [0, 0.05) is 31.6 Å². The van der Waals surface area contributed by atoms with Gasteiger partial charge in [0.05, 0.1) is 25.6 Å². The largest absolute Gasteiger partial charge is 0.355 e. The molecule has 142 valence electrons. The zero-order valence-electron chi connectivity index (χ0n) is 15.7. The first kappa shape index (κ1) is 17.9. The number of piperidine rings is 1. The van der Waals surface area contributed by atoms with E-state index in [0.29, 0.717) is 18.9 Å². The molecule has 0 radical (unpaired) electrons. The summed E-state index contributed by atoms with van der Waals surface area (Å²) in [5, 5.41) is 2.90. The highest BCUT2D eigenvalue weighted by Crippen LogP contribution is 2.32. The summed E-state index contributed by atoms with van der Waals surface area (Å²) >= 11 is 0. The van der Waals surface area contributed by atoms with Crippen LogP contribution < -0.4 is 10.2 Å². The number of hydrogen-bond donors (Lipinski definition) is 1. The first-order valence-electron chi connectivity index (χ1n) is 9.28. The van der Waals surface area contributed by atoms with Gasteiger partial charge in [-0.2, -0.15) is 0 Å². The lowest BCUT2D eigenvalue weighted by Crippen LogP contribution is -2.45. The van der Waals surface area contributed by atoms with E-state index in [1.807, 2.05) is 32.0 Å². The summed E-state index contributed by atoms with van der Waals surface area (Å²) in [5.74, 6) is 0.104. The predicted molar refractivity (Wildman–Crippen MR) is 102 cm³/mol. The van der Waals surface area contributed by atoms with Gasteiger partial charge in [-0.3, -0.25) is 4.79 Å². The molecule has 7 nitrogen and oxygen atoms in total. The van der Waals surface area contributed by atoms with E-state index in [1.54, 1.807) is 6.20 Å². The number of hydrogen-bond acceptors (Lipinski definition) is 6. The molecule has 3 heterocycles. The van der Waals surface area contributed by atoms with E-state index in [2.05, 4.69) is 20.2 Å². The van der Waals surface area contributed by atoms with Crippen LogP contribution in [0.3, 0.4) is 0 Å². The highest BCUT2D eigenvalue weighted by Gasteiger charge is 2.40. The highest BCUT2D eigenvalue weighted by atomic mass is 16.7. The topological polar surface area (TPSA) is 76.6 Å². The number of carbonyl (C=O) groups is 1. The molecular formula is C20H24N4O3. The first-order valence-corrected chi connectivity index (χ1v) is 9.28. The summed E-state index contributed by atoms with van der Waals surface area (Å²) < 4.78 is 11.5.